The second kappa shape index (κ2) is 15.8. The first-order valence-corrected chi connectivity index (χ1v) is 14.3. The van der Waals surface area contributed by atoms with Crippen molar-refractivity contribution in [1.29, 1.82) is 0 Å². The Hall–Kier alpha value is -3.86. The predicted molar refractivity (Wildman–Crippen MR) is 155 cm³/mol. The summed E-state index contributed by atoms with van der Waals surface area (Å²) >= 11 is 0. The van der Waals surface area contributed by atoms with Crippen LogP contribution in [0.5, 0.6) is 23.0 Å². The summed E-state index contributed by atoms with van der Waals surface area (Å²) in [4.78, 5) is 24.9. The molecule has 0 heterocycles. The van der Waals surface area contributed by atoms with Crippen molar-refractivity contribution in [2.75, 3.05) is 14.2 Å². The fourth-order valence-electron chi connectivity index (χ4n) is 5.14. The smallest absolute Gasteiger partial charge is 0.306 e. The molecule has 0 fully saturated rings. The number of unbranched alkanes of at least 4 members (excludes halogenated alkanes) is 3. The highest BCUT2D eigenvalue weighted by molar-refractivity contribution is 5.69. The molecule has 0 aromatic heterocycles. The van der Waals surface area contributed by atoms with Gasteiger partial charge >= 0.3 is 11.9 Å². The third-order valence-electron chi connectivity index (χ3n) is 7.29. The first kappa shape index (κ1) is 31.7. The van der Waals surface area contributed by atoms with E-state index in [9.17, 15) is 19.8 Å². The van der Waals surface area contributed by atoms with E-state index in [1.54, 1.807) is 30.3 Å². The Labute approximate surface area is 243 Å². The van der Waals surface area contributed by atoms with Crippen LogP contribution in [0, 0.1) is 11.8 Å². The molecular weight excluding hydrogens is 524 g/mol. The number of esters is 2. The van der Waals surface area contributed by atoms with E-state index in [1.165, 1.54) is 21.1 Å². The van der Waals surface area contributed by atoms with Crippen LogP contribution in [0.25, 0.3) is 0 Å². The molecule has 0 saturated carbocycles. The van der Waals surface area contributed by atoms with Gasteiger partial charge in [-0.1, -0.05) is 44.1 Å². The van der Waals surface area contributed by atoms with Crippen LogP contribution in [0.3, 0.4) is 0 Å². The quantitative estimate of drug-likeness (QED) is 0.205. The lowest BCUT2D eigenvalue weighted by molar-refractivity contribution is -0.155. The largest absolute Gasteiger partial charge is 0.504 e. The molecule has 0 amide bonds. The van der Waals surface area contributed by atoms with Gasteiger partial charge in [0.15, 0.2) is 23.0 Å². The summed E-state index contributed by atoms with van der Waals surface area (Å²) in [7, 11) is 2.98. The molecule has 41 heavy (non-hydrogen) atoms. The maximum absolute atomic E-state index is 12.9. The van der Waals surface area contributed by atoms with E-state index in [-0.39, 0.29) is 23.4 Å². The van der Waals surface area contributed by atoms with E-state index in [0.717, 1.165) is 42.4 Å². The molecule has 2 N–H and O–H groups in total. The number of fused-ring (bicyclic) bond motifs is 1. The lowest BCUT2D eigenvalue weighted by atomic mass is 9.88. The van der Waals surface area contributed by atoms with Gasteiger partial charge in [0, 0.05) is 38.5 Å². The number of ether oxygens (including phenoxy) is 4. The lowest BCUT2D eigenvalue weighted by Gasteiger charge is -2.27. The molecule has 0 saturated heterocycles. The molecule has 0 aliphatic heterocycles. The Morgan fingerprint density at radius 3 is 2.37 bits per heavy atom. The maximum atomic E-state index is 12.9. The number of rotatable bonds is 10. The van der Waals surface area contributed by atoms with Crippen LogP contribution in [0.4, 0.5) is 0 Å². The SMILES string of the molecule is CCCCCCC(=O)O[C@H]1C[C@@H](OC(C)=O)CCc2cc(OC)c(O)cc2CC#C[C@@H](c2ccc(O)c(OC)c2)C1. The van der Waals surface area contributed by atoms with E-state index >= 15 is 0 Å². The Bertz CT molecular complexity index is 1240. The predicted octanol–water partition coefficient (Wildman–Crippen LogP) is 5.99. The van der Waals surface area contributed by atoms with Crippen molar-refractivity contribution in [2.24, 2.45) is 0 Å². The van der Waals surface area contributed by atoms with Crippen LogP contribution in [0.1, 0.15) is 87.8 Å². The summed E-state index contributed by atoms with van der Waals surface area (Å²) in [5, 5.41) is 20.6. The van der Waals surface area contributed by atoms with Gasteiger partial charge in [-0.15, -0.1) is 0 Å². The highest BCUT2D eigenvalue weighted by atomic mass is 16.6. The van der Waals surface area contributed by atoms with Gasteiger partial charge < -0.3 is 29.2 Å². The Kier molecular flexibility index (Phi) is 12.2. The molecule has 0 unspecified atom stereocenters. The van der Waals surface area contributed by atoms with Gasteiger partial charge in [0.1, 0.15) is 12.2 Å². The number of carbonyl (C=O) groups is 2. The van der Waals surface area contributed by atoms with E-state index < -0.39 is 18.2 Å². The summed E-state index contributed by atoms with van der Waals surface area (Å²) in [5.74, 6) is 6.26. The molecular formula is C33H42O8. The molecule has 2 aromatic rings. The normalized spacial score (nSPS) is 18.9. The molecule has 1 aliphatic rings. The zero-order chi connectivity index (χ0) is 29.8. The molecule has 8 heteroatoms. The number of phenolic OH excluding ortho intramolecular Hbond substituents is 2. The average molecular weight is 567 g/mol. The number of aromatic hydroxyl groups is 2. The van der Waals surface area contributed by atoms with Gasteiger partial charge in [0.05, 0.1) is 14.2 Å². The van der Waals surface area contributed by atoms with Crippen molar-refractivity contribution < 1.29 is 38.7 Å². The molecule has 222 valence electrons. The molecule has 0 radical (unpaired) electrons. The second-order valence-electron chi connectivity index (χ2n) is 10.4. The molecule has 2 aromatic carbocycles. The van der Waals surface area contributed by atoms with Gasteiger partial charge in [0.2, 0.25) is 0 Å². The second-order valence-corrected chi connectivity index (χ2v) is 10.4. The van der Waals surface area contributed by atoms with Gasteiger partial charge in [-0.05, 0) is 60.2 Å². The highest BCUT2D eigenvalue weighted by Gasteiger charge is 2.27. The highest BCUT2D eigenvalue weighted by Crippen LogP contribution is 2.34. The number of methoxy groups -OCH3 is 2. The Morgan fingerprint density at radius 2 is 1.66 bits per heavy atom. The molecule has 0 bridgehead atoms. The minimum atomic E-state index is -0.551. The number of hydrogen-bond donors (Lipinski definition) is 2. The van der Waals surface area contributed by atoms with Crippen molar-refractivity contribution in [2.45, 2.75) is 96.2 Å². The van der Waals surface area contributed by atoms with Crippen LogP contribution in [0.15, 0.2) is 30.3 Å². The van der Waals surface area contributed by atoms with E-state index in [4.69, 9.17) is 18.9 Å². The summed E-state index contributed by atoms with van der Waals surface area (Å²) in [6.07, 6.45) is 5.26. The fraction of sp³-hybridized carbons (Fsp3) is 0.515. The van der Waals surface area contributed by atoms with Crippen molar-refractivity contribution in [3.05, 3.63) is 47.0 Å². The van der Waals surface area contributed by atoms with Crippen molar-refractivity contribution in [1.82, 2.24) is 0 Å². The van der Waals surface area contributed by atoms with Gasteiger partial charge in [-0.3, -0.25) is 9.59 Å². The van der Waals surface area contributed by atoms with Crippen LogP contribution in [0.2, 0.25) is 0 Å². The number of carbonyl (C=O) groups excluding carboxylic acids is 2. The first-order chi connectivity index (χ1) is 19.7. The van der Waals surface area contributed by atoms with Crippen LogP contribution >= 0.6 is 0 Å². The molecule has 3 atom stereocenters. The minimum Gasteiger partial charge on any atom is -0.504 e. The Balaban J connectivity index is 2.00. The van der Waals surface area contributed by atoms with Gasteiger partial charge in [-0.25, -0.2) is 0 Å². The number of benzene rings is 2. The number of phenols is 2. The third-order valence-corrected chi connectivity index (χ3v) is 7.29. The van der Waals surface area contributed by atoms with E-state index in [2.05, 4.69) is 18.8 Å². The van der Waals surface area contributed by atoms with E-state index in [0.29, 0.717) is 50.0 Å². The van der Waals surface area contributed by atoms with Crippen molar-refractivity contribution in [3.63, 3.8) is 0 Å². The summed E-state index contributed by atoms with van der Waals surface area (Å²) in [6, 6.07) is 8.53. The zero-order valence-electron chi connectivity index (χ0n) is 24.5. The average Bonchev–Trinajstić information content (AvgIpc) is 2.93. The van der Waals surface area contributed by atoms with Crippen molar-refractivity contribution >= 4 is 11.9 Å². The summed E-state index contributed by atoms with van der Waals surface area (Å²) in [5.41, 5.74) is 2.59. The summed E-state index contributed by atoms with van der Waals surface area (Å²) < 4.78 is 22.4. The molecule has 3 rings (SSSR count). The van der Waals surface area contributed by atoms with Gasteiger partial charge in [-0.2, -0.15) is 0 Å². The fourth-order valence-corrected chi connectivity index (χ4v) is 5.14. The minimum absolute atomic E-state index is 0.0145. The third kappa shape index (κ3) is 9.63. The lowest BCUT2D eigenvalue weighted by Crippen LogP contribution is -2.29. The van der Waals surface area contributed by atoms with E-state index in [1.807, 2.05) is 0 Å². The standard InChI is InChI=1S/C33H42O8/c1-5-6-7-8-12-33(37)41-28-17-23(26-14-16-29(35)31(19-26)38-3)10-9-11-24-18-30(36)32(39-4)20-25(24)13-15-27(21-28)40-22(2)34/h14,16,18-20,23,27-28,35-36H,5-8,11-13,15,17,21H2,1-4H3/t23-,27+,28-/m1/s1. The topological polar surface area (TPSA) is 112 Å². The maximum Gasteiger partial charge on any atom is 0.306 e. The molecule has 8 nitrogen and oxygen atoms in total. The van der Waals surface area contributed by atoms with Crippen LogP contribution in [-0.2, 0) is 31.9 Å². The Morgan fingerprint density at radius 1 is 0.902 bits per heavy atom. The van der Waals surface area contributed by atoms with Gasteiger partial charge in [0.25, 0.3) is 0 Å². The van der Waals surface area contributed by atoms with Crippen LogP contribution in [-0.4, -0.2) is 48.6 Å². The first-order valence-electron chi connectivity index (χ1n) is 14.3. The number of hydrogen-bond acceptors (Lipinski definition) is 8. The molecule has 0 spiro atoms. The monoisotopic (exact) mass is 566 g/mol. The molecule has 1 aliphatic carbocycles. The van der Waals surface area contributed by atoms with Crippen molar-refractivity contribution in [3.8, 4) is 34.8 Å². The van der Waals surface area contributed by atoms with Crippen LogP contribution < -0.4 is 9.47 Å². The number of aryl methyl sites for hydroxylation is 1. The summed E-state index contributed by atoms with van der Waals surface area (Å²) in [6.45, 7) is 3.49. The zero-order valence-corrected chi connectivity index (χ0v) is 24.5.